The average Bonchev–Trinajstić information content (AvgIpc) is 2.72. The molecule has 0 aliphatic rings. The van der Waals surface area contributed by atoms with Crippen molar-refractivity contribution in [3.8, 4) is 11.1 Å². The maximum absolute atomic E-state index is 14.4. The van der Waals surface area contributed by atoms with Crippen LogP contribution in [0, 0.1) is 17.5 Å². The average molecular weight is 394 g/mol. The van der Waals surface area contributed by atoms with Gasteiger partial charge in [0, 0.05) is 11.1 Å². The van der Waals surface area contributed by atoms with Gasteiger partial charge in [-0.2, -0.15) is 0 Å². The zero-order valence-electron chi connectivity index (χ0n) is 16.8. The van der Waals surface area contributed by atoms with Gasteiger partial charge in [0.2, 0.25) is 0 Å². The van der Waals surface area contributed by atoms with Gasteiger partial charge < -0.3 is 0 Å². The standard InChI is InChI=1S/C26H25F3/c1-3-5-19-10-14-21(24(27)17-19)13-9-18-7-11-20(12-8-18)23-16-15-22(6-4-2)25(28)26(23)29/h7-17H,3-6H2,1-2H3/b13-9+. The number of halogens is 3. The van der Waals surface area contributed by atoms with Gasteiger partial charge in [-0.25, -0.2) is 13.2 Å². The fourth-order valence-electron chi connectivity index (χ4n) is 3.38. The van der Waals surface area contributed by atoms with Crippen LogP contribution in [0.15, 0.2) is 54.6 Å². The van der Waals surface area contributed by atoms with Crippen LogP contribution in [0.5, 0.6) is 0 Å². The van der Waals surface area contributed by atoms with Crippen molar-refractivity contribution in [1.29, 1.82) is 0 Å². The summed E-state index contributed by atoms with van der Waals surface area (Å²) < 4.78 is 42.9. The molecule has 0 bridgehead atoms. The topological polar surface area (TPSA) is 0 Å². The van der Waals surface area contributed by atoms with Crippen molar-refractivity contribution < 1.29 is 13.2 Å². The molecule has 0 radical (unpaired) electrons. The Morgan fingerprint density at radius 2 is 1.45 bits per heavy atom. The first-order valence-electron chi connectivity index (χ1n) is 10.1. The molecule has 0 heterocycles. The van der Waals surface area contributed by atoms with Crippen molar-refractivity contribution in [3.05, 3.63) is 94.3 Å². The molecule has 0 saturated carbocycles. The molecule has 0 atom stereocenters. The van der Waals surface area contributed by atoms with Crippen molar-refractivity contribution in [3.63, 3.8) is 0 Å². The highest BCUT2D eigenvalue weighted by Crippen LogP contribution is 2.27. The lowest BCUT2D eigenvalue weighted by Gasteiger charge is -2.08. The number of aryl methyl sites for hydroxylation is 2. The Kier molecular flexibility index (Phi) is 6.92. The maximum atomic E-state index is 14.4. The first kappa shape index (κ1) is 20.9. The Balaban J connectivity index is 1.79. The highest BCUT2D eigenvalue weighted by molar-refractivity contribution is 5.72. The fourth-order valence-corrected chi connectivity index (χ4v) is 3.38. The molecule has 0 amide bonds. The van der Waals surface area contributed by atoms with Crippen LogP contribution in [0.4, 0.5) is 13.2 Å². The van der Waals surface area contributed by atoms with Crippen molar-refractivity contribution >= 4 is 12.2 Å². The molecule has 3 rings (SSSR count). The number of hydrogen-bond donors (Lipinski definition) is 0. The Morgan fingerprint density at radius 1 is 0.724 bits per heavy atom. The lowest BCUT2D eigenvalue weighted by molar-refractivity contribution is 0.500. The van der Waals surface area contributed by atoms with Gasteiger partial charge >= 0.3 is 0 Å². The summed E-state index contributed by atoms with van der Waals surface area (Å²) in [5.74, 6) is -1.82. The van der Waals surface area contributed by atoms with Crippen LogP contribution in [0.25, 0.3) is 23.3 Å². The van der Waals surface area contributed by atoms with Crippen molar-refractivity contribution in [2.24, 2.45) is 0 Å². The third-order valence-electron chi connectivity index (χ3n) is 4.96. The van der Waals surface area contributed by atoms with E-state index in [0.717, 1.165) is 30.4 Å². The second-order valence-electron chi connectivity index (χ2n) is 7.21. The van der Waals surface area contributed by atoms with E-state index in [4.69, 9.17) is 0 Å². The first-order valence-corrected chi connectivity index (χ1v) is 10.1. The molecule has 0 aliphatic carbocycles. The Morgan fingerprint density at radius 3 is 2.10 bits per heavy atom. The molecule has 0 fully saturated rings. The van der Waals surface area contributed by atoms with Gasteiger partial charge in [0.25, 0.3) is 0 Å². The Bertz CT molecular complexity index is 1000. The monoisotopic (exact) mass is 394 g/mol. The molecule has 0 unspecified atom stereocenters. The smallest absolute Gasteiger partial charge is 0.166 e. The van der Waals surface area contributed by atoms with E-state index in [1.165, 1.54) is 0 Å². The Labute approximate surface area is 170 Å². The number of rotatable bonds is 7. The minimum atomic E-state index is -0.812. The molecule has 0 aromatic heterocycles. The van der Waals surface area contributed by atoms with Gasteiger partial charge in [0.15, 0.2) is 11.6 Å². The maximum Gasteiger partial charge on any atom is 0.166 e. The summed E-state index contributed by atoms with van der Waals surface area (Å²) in [6, 6.07) is 15.7. The second kappa shape index (κ2) is 9.60. The molecule has 29 heavy (non-hydrogen) atoms. The van der Waals surface area contributed by atoms with Gasteiger partial charge in [-0.05, 0) is 41.2 Å². The molecular weight excluding hydrogens is 369 g/mol. The number of benzene rings is 3. The molecule has 0 N–H and O–H groups in total. The largest absolute Gasteiger partial charge is 0.206 e. The van der Waals surface area contributed by atoms with Gasteiger partial charge in [-0.15, -0.1) is 0 Å². The van der Waals surface area contributed by atoms with E-state index in [9.17, 15) is 13.2 Å². The Hall–Kier alpha value is -2.81. The molecule has 0 nitrogen and oxygen atoms in total. The van der Waals surface area contributed by atoms with E-state index in [2.05, 4.69) is 6.92 Å². The third-order valence-corrected chi connectivity index (χ3v) is 4.96. The molecule has 0 saturated heterocycles. The van der Waals surface area contributed by atoms with Crippen molar-refractivity contribution in [2.45, 2.75) is 39.5 Å². The van der Waals surface area contributed by atoms with E-state index in [-0.39, 0.29) is 11.4 Å². The van der Waals surface area contributed by atoms with Gasteiger partial charge in [0.05, 0.1) is 0 Å². The van der Waals surface area contributed by atoms with Crippen molar-refractivity contribution in [2.75, 3.05) is 0 Å². The van der Waals surface area contributed by atoms with E-state index < -0.39 is 11.6 Å². The highest BCUT2D eigenvalue weighted by atomic mass is 19.2. The quantitative estimate of drug-likeness (QED) is 0.358. The predicted molar refractivity (Wildman–Crippen MR) is 115 cm³/mol. The fraction of sp³-hybridized carbons (Fsp3) is 0.231. The molecule has 150 valence electrons. The van der Waals surface area contributed by atoms with Crippen LogP contribution in [-0.2, 0) is 12.8 Å². The summed E-state index contributed by atoms with van der Waals surface area (Å²) in [5, 5.41) is 0. The zero-order chi connectivity index (χ0) is 20.8. The van der Waals surface area contributed by atoms with Gasteiger partial charge in [0.1, 0.15) is 5.82 Å². The predicted octanol–water partition coefficient (Wildman–Crippen LogP) is 7.85. The summed E-state index contributed by atoms with van der Waals surface area (Å²) >= 11 is 0. The lowest BCUT2D eigenvalue weighted by Crippen LogP contribution is -1.97. The second-order valence-corrected chi connectivity index (χ2v) is 7.21. The normalized spacial score (nSPS) is 11.3. The summed E-state index contributed by atoms with van der Waals surface area (Å²) in [4.78, 5) is 0. The number of hydrogen-bond acceptors (Lipinski definition) is 0. The molecule has 0 aliphatic heterocycles. The van der Waals surface area contributed by atoms with Crippen LogP contribution in [0.3, 0.4) is 0 Å². The third kappa shape index (κ3) is 4.97. The summed E-state index contributed by atoms with van der Waals surface area (Å²) in [7, 11) is 0. The van der Waals surface area contributed by atoms with E-state index in [0.29, 0.717) is 23.1 Å². The van der Waals surface area contributed by atoms with Crippen LogP contribution < -0.4 is 0 Å². The lowest BCUT2D eigenvalue weighted by atomic mass is 9.99. The summed E-state index contributed by atoms with van der Waals surface area (Å²) in [6.07, 6.45) is 6.65. The van der Waals surface area contributed by atoms with Gasteiger partial charge in [-0.1, -0.05) is 87.4 Å². The molecule has 0 spiro atoms. The van der Waals surface area contributed by atoms with Crippen LogP contribution in [0.1, 0.15) is 48.9 Å². The molecule has 3 heteroatoms. The molecule has 3 aromatic rings. The first-order chi connectivity index (χ1) is 14.0. The van der Waals surface area contributed by atoms with Crippen molar-refractivity contribution in [1.82, 2.24) is 0 Å². The summed E-state index contributed by atoms with van der Waals surface area (Å²) in [6.45, 7) is 4.00. The minimum Gasteiger partial charge on any atom is -0.206 e. The molecule has 3 aromatic carbocycles. The molecular formula is C26H25F3. The minimum absolute atomic E-state index is 0.242. The van der Waals surface area contributed by atoms with E-state index in [1.807, 2.05) is 31.2 Å². The van der Waals surface area contributed by atoms with E-state index in [1.54, 1.807) is 42.5 Å². The van der Waals surface area contributed by atoms with E-state index >= 15 is 0 Å². The van der Waals surface area contributed by atoms with Gasteiger partial charge in [-0.3, -0.25) is 0 Å². The van der Waals surface area contributed by atoms with Crippen LogP contribution in [-0.4, -0.2) is 0 Å². The van der Waals surface area contributed by atoms with Crippen LogP contribution in [0.2, 0.25) is 0 Å². The van der Waals surface area contributed by atoms with Crippen LogP contribution >= 0.6 is 0 Å². The summed E-state index contributed by atoms with van der Waals surface area (Å²) in [5.41, 5.74) is 3.63. The SMILES string of the molecule is CCCc1ccc(/C=C/c2ccc(-c3ccc(CCC)c(F)c3F)cc2)c(F)c1. The highest BCUT2D eigenvalue weighted by Gasteiger charge is 2.14. The zero-order valence-corrected chi connectivity index (χ0v) is 16.8.